The third-order valence-electron chi connectivity index (χ3n) is 6.35. The minimum atomic E-state index is 1.24. The van der Waals surface area contributed by atoms with E-state index >= 15 is 0 Å². The van der Waals surface area contributed by atoms with Gasteiger partial charge in [-0.05, 0) is 42.2 Å². The maximum Gasteiger partial charge on any atom is 0.0480 e. The van der Waals surface area contributed by atoms with Crippen molar-refractivity contribution in [2.75, 3.05) is 0 Å². The van der Waals surface area contributed by atoms with Crippen LogP contribution in [0.3, 0.4) is 0 Å². The van der Waals surface area contributed by atoms with Gasteiger partial charge in [-0.1, -0.05) is 129 Å². The molecule has 0 atom stereocenters. The molecule has 0 spiro atoms. The Kier molecular flexibility index (Phi) is 19.3. The topological polar surface area (TPSA) is 0 Å². The van der Waals surface area contributed by atoms with Crippen molar-refractivity contribution in [1.29, 1.82) is 0 Å². The van der Waals surface area contributed by atoms with Crippen LogP contribution >= 0.6 is 11.3 Å². The first-order valence-corrected chi connectivity index (χ1v) is 14.2. The van der Waals surface area contributed by atoms with Crippen LogP contribution in [0, 0.1) is 5.38 Å². The molecule has 0 aromatic carbocycles. The molecule has 1 radical (unpaired) electrons. The average Bonchev–Trinajstić information content (AvgIpc) is 3.18. The Morgan fingerprint density at radius 3 is 1.38 bits per heavy atom. The van der Waals surface area contributed by atoms with Gasteiger partial charge in [0.15, 0.2) is 0 Å². The number of unbranched alkanes of at least 4 members (excludes halogenated alkanes) is 18. The van der Waals surface area contributed by atoms with E-state index in [4.69, 9.17) is 0 Å². The highest BCUT2D eigenvalue weighted by atomic mass is 32.1. The quantitative estimate of drug-likeness (QED) is 0.164. The Morgan fingerprint density at radius 1 is 0.517 bits per heavy atom. The molecule has 1 aromatic rings. The molecule has 0 aliphatic carbocycles. The molecule has 0 N–H and O–H groups in total. The van der Waals surface area contributed by atoms with Gasteiger partial charge < -0.3 is 0 Å². The van der Waals surface area contributed by atoms with Crippen LogP contribution in [0.5, 0.6) is 0 Å². The molecule has 0 bridgehead atoms. The molecule has 1 heterocycles. The second-order valence-electron chi connectivity index (χ2n) is 9.21. The van der Waals surface area contributed by atoms with Gasteiger partial charge in [-0.2, -0.15) is 0 Å². The van der Waals surface area contributed by atoms with E-state index in [2.05, 4.69) is 24.6 Å². The molecule has 0 fully saturated rings. The summed E-state index contributed by atoms with van der Waals surface area (Å²) < 4.78 is 0. The van der Waals surface area contributed by atoms with E-state index in [1.807, 2.05) is 0 Å². The van der Waals surface area contributed by atoms with Crippen LogP contribution in [-0.4, -0.2) is 0 Å². The summed E-state index contributed by atoms with van der Waals surface area (Å²) in [5.41, 5.74) is 3.11. The van der Waals surface area contributed by atoms with Gasteiger partial charge in [0.05, 0.1) is 0 Å². The van der Waals surface area contributed by atoms with Crippen LogP contribution in [0.15, 0.2) is 5.38 Å². The Morgan fingerprint density at radius 2 is 0.931 bits per heavy atom. The fourth-order valence-corrected chi connectivity index (χ4v) is 5.14. The summed E-state index contributed by atoms with van der Waals surface area (Å²) >= 11 is 1.78. The third kappa shape index (κ3) is 16.1. The molecule has 0 aliphatic rings. The van der Waals surface area contributed by atoms with Crippen LogP contribution in [0.4, 0.5) is 0 Å². The van der Waals surface area contributed by atoms with Crippen molar-refractivity contribution in [2.24, 2.45) is 0 Å². The molecule has 0 aliphatic heterocycles. The van der Waals surface area contributed by atoms with Gasteiger partial charge in [0, 0.05) is 5.38 Å². The van der Waals surface area contributed by atoms with E-state index in [-0.39, 0.29) is 0 Å². The maximum absolute atomic E-state index is 3.49. The number of rotatable bonds is 22. The zero-order valence-electron chi connectivity index (χ0n) is 20.0. The number of hydrogen-bond donors (Lipinski definition) is 0. The molecule has 169 valence electrons. The molecule has 29 heavy (non-hydrogen) atoms. The van der Waals surface area contributed by atoms with Crippen molar-refractivity contribution in [3.8, 4) is 0 Å². The summed E-state index contributed by atoms with van der Waals surface area (Å²) in [6.07, 6.45) is 31.4. The standard InChI is InChI=1S/C28H51S/c1-3-5-7-8-9-10-11-12-13-14-15-16-17-18-19-20-21-22-24-28-26-29-25-27(28)23-6-4-2/h26H,3-24H2,1-2H3. The van der Waals surface area contributed by atoms with Gasteiger partial charge in [-0.25, -0.2) is 0 Å². The van der Waals surface area contributed by atoms with E-state index in [1.165, 1.54) is 147 Å². The van der Waals surface area contributed by atoms with Crippen LogP contribution < -0.4 is 0 Å². The second-order valence-corrected chi connectivity index (χ2v) is 9.88. The summed E-state index contributed by atoms with van der Waals surface area (Å²) in [6, 6.07) is 0. The van der Waals surface area contributed by atoms with Crippen molar-refractivity contribution in [2.45, 2.75) is 155 Å². The van der Waals surface area contributed by atoms with E-state index in [1.54, 1.807) is 16.9 Å². The van der Waals surface area contributed by atoms with E-state index in [0.29, 0.717) is 0 Å². The van der Waals surface area contributed by atoms with Gasteiger partial charge in [-0.15, -0.1) is 11.3 Å². The SMILES string of the molecule is CCCCCCCCCCCCCCCCCCCCc1cs[c]c1CCCC. The Bertz CT molecular complexity index is 433. The predicted molar refractivity (Wildman–Crippen MR) is 134 cm³/mol. The summed E-state index contributed by atoms with van der Waals surface area (Å²) in [5.74, 6) is 0. The van der Waals surface area contributed by atoms with Crippen LogP contribution in [0.2, 0.25) is 0 Å². The maximum atomic E-state index is 3.49. The molecule has 1 aromatic heterocycles. The fourth-order valence-electron chi connectivity index (χ4n) is 4.30. The smallest absolute Gasteiger partial charge is 0.0480 e. The first-order valence-electron chi connectivity index (χ1n) is 13.3. The first kappa shape index (κ1) is 26.7. The zero-order chi connectivity index (χ0) is 20.8. The first-order chi connectivity index (χ1) is 14.4. The largest absolute Gasteiger partial charge is 0.142 e. The molecule has 0 saturated carbocycles. The molecule has 1 heteroatoms. The number of hydrogen-bond acceptors (Lipinski definition) is 1. The summed E-state index contributed by atoms with van der Waals surface area (Å²) in [6.45, 7) is 4.58. The summed E-state index contributed by atoms with van der Waals surface area (Å²) in [4.78, 5) is 0. The molecule has 0 amide bonds. The Balaban J connectivity index is 1.77. The molecule has 0 nitrogen and oxygen atoms in total. The van der Waals surface area contributed by atoms with Crippen LogP contribution in [-0.2, 0) is 12.8 Å². The molecular formula is C28H51S. The van der Waals surface area contributed by atoms with E-state index in [9.17, 15) is 0 Å². The van der Waals surface area contributed by atoms with Crippen molar-refractivity contribution in [1.82, 2.24) is 0 Å². The van der Waals surface area contributed by atoms with E-state index < -0.39 is 0 Å². The second kappa shape index (κ2) is 21.0. The lowest BCUT2D eigenvalue weighted by Gasteiger charge is -2.05. The van der Waals surface area contributed by atoms with E-state index in [0.717, 1.165) is 0 Å². The van der Waals surface area contributed by atoms with Crippen molar-refractivity contribution < 1.29 is 0 Å². The Hall–Kier alpha value is -0.300. The molecule has 0 unspecified atom stereocenters. The minimum absolute atomic E-state index is 1.24. The van der Waals surface area contributed by atoms with Gasteiger partial charge in [0.2, 0.25) is 0 Å². The molecule has 1 rings (SSSR count). The Labute approximate surface area is 188 Å². The van der Waals surface area contributed by atoms with Crippen molar-refractivity contribution >= 4 is 11.3 Å². The minimum Gasteiger partial charge on any atom is -0.142 e. The van der Waals surface area contributed by atoms with Crippen molar-refractivity contribution in [3.05, 3.63) is 21.9 Å². The van der Waals surface area contributed by atoms with Gasteiger partial charge in [-0.3, -0.25) is 0 Å². The average molecular weight is 420 g/mol. The van der Waals surface area contributed by atoms with Gasteiger partial charge in [0.1, 0.15) is 0 Å². The molecule has 0 saturated heterocycles. The lowest BCUT2D eigenvalue weighted by Crippen LogP contribution is -1.91. The highest BCUT2D eigenvalue weighted by Gasteiger charge is 2.04. The molecular weight excluding hydrogens is 368 g/mol. The lowest BCUT2D eigenvalue weighted by atomic mass is 10.0. The van der Waals surface area contributed by atoms with Gasteiger partial charge in [0.25, 0.3) is 0 Å². The monoisotopic (exact) mass is 419 g/mol. The lowest BCUT2D eigenvalue weighted by molar-refractivity contribution is 0.525. The van der Waals surface area contributed by atoms with Crippen LogP contribution in [0.1, 0.15) is 153 Å². The third-order valence-corrected chi connectivity index (χ3v) is 7.12. The fraction of sp³-hybridized carbons (Fsp3) is 0.857. The summed E-state index contributed by atoms with van der Waals surface area (Å²) in [5, 5.41) is 5.84. The summed E-state index contributed by atoms with van der Waals surface area (Å²) in [7, 11) is 0. The highest BCUT2D eigenvalue weighted by molar-refractivity contribution is 7.07. The zero-order valence-corrected chi connectivity index (χ0v) is 20.9. The van der Waals surface area contributed by atoms with Gasteiger partial charge >= 0.3 is 0 Å². The predicted octanol–water partition coefficient (Wildman–Crippen LogP) is 10.5. The normalized spacial score (nSPS) is 11.4. The van der Waals surface area contributed by atoms with Crippen molar-refractivity contribution in [3.63, 3.8) is 0 Å². The highest BCUT2D eigenvalue weighted by Crippen LogP contribution is 2.20. The van der Waals surface area contributed by atoms with Crippen LogP contribution in [0.25, 0.3) is 0 Å². The number of aryl methyl sites for hydroxylation is 2. The number of thiophene rings is 1.